The zero-order valence-corrected chi connectivity index (χ0v) is 11.3. The third-order valence-corrected chi connectivity index (χ3v) is 3.37. The van der Waals surface area contributed by atoms with Gasteiger partial charge in [-0.2, -0.15) is 5.26 Å². The summed E-state index contributed by atoms with van der Waals surface area (Å²) in [6.07, 6.45) is 2.38. The van der Waals surface area contributed by atoms with E-state index in [1.807, 2.05) is 36.4 Å². The lowest BCUT2D eigenvalue weighted by molar-refractivity contribution is 0.415. The van der Waals surface area contributed by atoms with E-state index in [9.17, 15) is 5.26 Å². The first-order valence-corrected chi connectivity index (χ1v) is 6.62. The maximum Gasteiger partial charge on any atom is 0.148 e. The molecule has 4 heteroatoms. The second kappa shape index (κ2) is 5.22. The summed E-state index contributed by atoms with van der Waals surface area (Å²) in [6.45, 7) is 0. The molecule has 0 unspecified atom stereocenters. The number of nitrogens with zero attached hydrogens (tertiary/aromatic N) is 2. The van der Waals surface area contributed by atoms with Gasteiger partial charge in [-0.05, 0) is 37.1 Å². The van der Waals surface area contributed by atoms with Crippen LogP contribution in [0.4, 0.5) is 11.5 Å². The van der Waals surface area contributed by atoms with Crippen LogP contribution >= 0.6 is 0 Å². The molecule has 3 rings (SSSR count). The number of hydrogen-bond donors (Lipinski definition) is 1. The number of nitriles is 1. The Hall–Kier alpha value is -2.54. The summed E-state index contributed by atoms with van der Waals surface area (Å²) in [5, 5.41) is 12.4. The molecule has 20 heavy (non-hydrogen) atoms. The van der Waals surface area contributed by atoms with Crippen LogP contribution in [-0.2, 0) is 0 Å². The Morgan fingerprint density at radius 1 is 1.30 bits per heavy atom. The quantitative estimate of drug-likeness (QED) is 0.917. The topological polar surface area (TPSA) is 57.9 Å². The van der Waals surface area contributed by atoms with Crippen LogP contribution in [0.3, 0.4) is 0 Å². The van der Waals surface area contributed by atoms with Gasteiger partial charge < -0.3 is 10.1 Å². The predicted molar refractivity (Wildman–Crippen MR) is 77.2 cm³/mol. The van der Waals surface area contributed by atoms with Crippen molar-refractivity contribution in [1.82, 2.24) is 4.98 Å². The molecule has 1 aliphatic carbocycles. The minimum atomic E-state index is 0.553. The van der Waals surface area contributed by atoms with Crippen molar-refractivity contribution in [2.75, 3.05) is 12.4 Å². The van der Waals surface area contributed by atoms with Gasteiger partial charge in [0.05, 0.1) is 12.7 Å². The Labute approximate surface area is 118 Å². The molecule has 0 radical (unpaired) electrons. The van der Waals surface area contributed by atoms with E-state index in [0.717, 1.165) is 17.1 Å². The number of benzene rings is 1. The second-order valence-electron chi connectivity index (χ2n) is 4.88. The van der Waals surface area contributed by atoms with Crippen LogP contribution in [0.25, 0.3) is 0 Å². The molecular weight excluding hydrogens is 250 g/mol. The zero-order valence-electron chi connectivity index (χ0n) is 11.3. The van der Waals surface area contributed by atoms with Gasteiger partial charge in [-0.15, -0.1) is 0 Å². The Kier molecular flexibility index (Phi) is 3.26. The summed E-state index contributed by atoms with van der Waals surface area (Å²) in [4.78, 5) is 4.58. The fourth-order valence-corrected chi connectivity index (χ4v) is 2.10. The van der Waals surface area contributed by atoms with Gasteiger partial charge in [-0.1, -0.05) is 6.07 Å². The van der Waals surface area contributed by atoms with Gasteiger partial charge in [0.2, 0.25) is 0 Å². The van der Waals surface area contributed by atoms with Gasteiger partial charge in [-0.25, -0.2) is 4.98 Å². The molecule has 1 heterocycles. The highest BCUT2D eigenvalue weighted by molar-refractivity contribution is 5.64. The highest BCUT2D eigenvalue weighted by atomic mass is 16.5. The van der Waals surface area contributed by atoms with Gasteiger partial charge in [0.15, 0.2) is 0 Å². The van der Waals surface area contributed by atoms with Crippen molar-refractivity contribution in [1.29, 1.82) is 5.26 Å². The van der Waals surface area contributed by atoms with Crippen LogP contribution in [-0.4, -0.2) is 12.1 Å². The van der Waals surface area contributed by atoms with Crippen molar-refractivity contribution in [3.63, 3.8) is 0 Å². The molecule has 2 aromatic rings. The van der Waals surface area contributed by atoms with E-state index in [-0.39, 0.29) is 0 Å². The van der Waals surface area contributed by atoms with Crippen LogP contribution in [0.15, 0.2) is 36.4 Å². The SMILES string of the molecule is COc1cccc(Nc2nc(C3CC3)ccc2C#N)c1. The van der Waals surface area contributed by atoms with E-state index in [4.69, 9.17) is 4.74 Å². The van der Waals surface area contributed by atoms with E-state index in [0.29, 0.717) is 17.3 Å². The second-order valence-corrected chi connectivity index (χ2v) is 4.88. The molecule has 1 aliphatic rings. The molecule has 0 aliphatic heterocycles. The molecule has 1 aromatic carbocycles. The Morgan fingerprint density at radius 2 is 2.15 bits per heavy atom. The maximum atomic E-state index is 9.19. The van der Waals surface area contributed by atoms with Crippen LogP contribution in [0, 0.1) is 11.3 Å². The number of pyridine rings is 1. The summed E-state index contributed by atoms with van der Waals surface area (Å²) >= 11 is 0. The van der Waals surface area contributed by atoms with E-state index < -0.39 is 0 Å². The smallest absolute Gasteiger partial charge is 0.148 e. The zero-order chi connectivity index (χ0) is 13.9. The average Bonchev–Trinajstić information content (AvgIpc) is 3.32. The lowest BCUT2D eigenvalue weighted by Gasteiger charge is -2.10. The number of methoxy groups -OCH3 is 1. The van der Waals surface area contributed by atoms with Gasteiger partial charge >= 0.3 is 0 Å². The standard InChI is InChI=1S/C16H15N3O/c1-20-14-4-2-3-13(9-14)18-16-12(10-17)7-8-15(19-16)11-5-6-11/h2-4,7-9,11H,5-6H2,1H3,(H,18,19). The van der Waals surface area contributed by atoms with Crippen molar-refractivity contribution in [2.24, 2.45) is 0 Å². The largest absolute Gasteiger partial charge is 0.497 e. The third-order valence-electron chi connectivity index (χ3n) is 3.37. The normalized spacial score (nSPS) is 13.6. The van der Waals surface area contributed by atoms with Crippen molar-refractivity contribution in [3.05, 3.63) is 47.7 Å². The van der Waals surface area contributed by atoms with Gasteiger partial charge in [-0.3, -0.25) is 0 Å². The molecule has 1 N–H and O–H groups in total. The molecule has 1 fully saturated rings. The first kappa shape index (κ1) is 12.5. The number of rotatable bonds is 4. The summed E-state index contributed by atoms with van der Waals surface area (Å²) in [5.41, 5.74) is 2.48. The molecule has 100 valence electrons. The average molecular weight is 265 g/mol. The maximum absolute atomic E-state index is 9.19. The summed E-state index contributed by atoms with van der Waals surface area (Å²) in [7, 11) is 1.63. The van der Waals surface area contributed by atoms with Gasteiger partial charge in [0, 0.05) is 23.4 Å². The summed E-state index contributed by atoms with van der Waals surface area (Å²) < 4.78 is 5.20. The van der Waals surface area contributed by atoms with Crippen LogP contribution in [0.5, 0.6) is 5.75 Å². The molecule has 0 bridgehead atoms. The molecule has 1 saturated carbocycles. The first-order valence-electron chi connectivity index (χ1n) is 6.62. The molecule has 4 nitrogen and oxygen atoms in total. The molecule has 0 spiro atoms. The van der Waals surface area contributed by atoms with E-state index in [2.05, 4.69) is 16.4 Å². The van der Waals surface area contributed by atoms with E-state index in [1.54, 1.807) is 7.11 Å². The van der Waals surface area contributed by atoms with Crippen molar-refractivity contribution in [3.8, 4) is 11.8 Å². The fourth-order valence-electron chi connectivity index (χ4n) is 2.10. The Balaban J connectivity index is 1.91. The van der Waals surface area contributed by atoms with Crippen LogP contribution in [0.2, 0.25) is 0 Å². The predicted octanol–water partition coefficient (Wildman–Crippen LogP) is 3.58. The molecule has 1 aromatic heterocycles. The van der Waals surface area contributed by atoms with Crippen molar-refractivity contribution < 1.29 is 4.74 Å². The highest BCUT2D eigenvalue weighted by Gasteiger charge is 2.25. The number of aromatic nitrogens is 1. The Morgan fingerprint density at radius 3 is 2.85 bits per heavy atom. The lowest BCUT2D eigenvalue weighted by atomic mass is 10.2. The fraction of sp³-hybridized carbons (Fsp3) is 0.250. The molecular formula is C16H15N3O. The van der Waals surface area contributed by atoms with Crippen molar-refractivity contribution in [2.45, 2.75) is 18.8 Å². The minimum absolute atomic E-state index is 0.553. The number of hydrogen-bond acceptors (Lipinski definition) is 4. The van der Waals surface area contributed by atoms with E-state index >= 15 is 0 Å². The number of ether oxygens (including phenoxy) is 1. The van der Waals surface area contributed by atoms with Crippen molar-refractivity contribution >= 4 is 11.5 Å². The molecule has 0 amide bonds. The monoisotopic (exact) mass is 265 g/mol. The Bertz CT molecular complexity index is 672. The number of anilines is 2. The van der Waals surface area contributed by atoms with Gasteiger partial charge in [0.1, 0.15) is 17.6 Å². The summed E-state index contributed by atoms with van der Waals surface area (Å²) in [6, 6.07) is 13.6. The molecule has 0 saturated heterocycles. The summed E-state index contributed by atoms with van der Waals surface area (Å²) in [5.74, 6) is 1.95. The lowest BCUT2D eigenvalue weighted by Crippen LogP contribution is -1.99. The molecule has 0 atom stereocenters. The minimum Gasteiger partial charge on any atom is -0.497 e. The number of nitrogens with one attached hydrogen (secondary N) is 1. The van der Waals surface area contributed by atoms with Crippen LogP contribution < -0.4 is 10.1 Å². The third kappa shape index (κ3) is 2.57. The van der Waals surface area contributed by atoms with E-state index in [1.165, 1.54) is 12.8 Å². The van der Waals surface area contributed by atoms with Gasteiger partial charge in [0.25, 0.3) is 0 Å². The highest BCUT2D eigenvalue weighted by Crippen LogP contribution is 2.39. The van der Waals surface area contributed by atoms with Crippen LogP contribution in [0.1, 0.15) is 30.0 Å². The first-order chi connectivity index (χ1) is 9.80.